The van der Waals surface area contributed by atoms with E-state index in [4.69, 9.17) is 4.74 Å². The summed E-state index contributed by atoms with van der Waals surface area (Å²) in [5.41, 5.74) is 4.02. The molecular weight excluding hydrogens is 444 g/mol. The molecular formula is C26H26N6O3. The van der Waals surface area contributed by atoms with Gasteiger partial charge in [-0.3, -0.25) is 9.59 Å². The van der Waals surface area contributed by atoms with Crippen LogP contribution in [-0.4, -0.2) is 69.5 Å². The van der Waals surface area contributed by atoms with E-state index in [0.717, 1.165) is 28.3 Å². The second-order valence-corrected chi connectivity index (χ2v) is 8.35. The predicted molar refractivity (Wildman–Crippen MR) is 133 cm³/mol. The third-order valence-corrected chi connectivity index (χ3v) is 6.15. The fraction of sp³-hybridized carbons (Fsp3) is 0.231. The minimum absolute atomic E-state index is 0.0326. The fourth-order valence-corrected chi connectivity index (χ4v) is 4.17. The molecule has 0 bridgehead atoms. The first-order valence-corrected chi connectivity index (χ1v) is 11.4. The quantitative estimate of drug-likeness (QED) is 0.480. The Morgan fingerprint density at radius 3 is 2.23 bits per heavy atom. The minimum atomic E-state index is -0.0326. The van der Waals surface area contributed by atoms with E-state index in [1.165, 1.54) is 0 Å². The Kier molecular flexibility index (Phi) is 6.05. The smallest absolute Gasteiger partial charge is 0.253 e. The summed E-state index contributed by atoms with van der Waals surface area (Å²) in [4.78, 5) is 32.5. The average Bonchev–Trinajstić information content (AvgIpc) is 3.31. The third kappa shape index (κ3) is 4.65. The van der Waals surface area contributed by atoms with Crippen molar-refractivity contribution in [2.45, 2.75) is 6.92 Å². The Labute approximate surface area is 202 Å². The molecule has 1 aliphatic heterocycles. The molecule has 2 aromatic carbocycles. The van der Waals surface area contributed by atoms with Crippen LogP contribution in [0.3, 0.4) is 0 Å². The summed E-state index contributed by atoms with van der Waals surface area (Å²) in [6, 6.07) is 20.9. The fourth-order valence-electron chi connectivity index (χ4n) is 4.17. The van der Waals surface area contributed by atoms with Crippen LogP contribution in [0, 0.1) is 0 Å². The third-order valence-electron chi connectivity index (χ3n) is 6.15. The number of hydrogen-bond donors (Lipinski definition) is 1. The Bertz CT molecular complexity index is 1360. The molecule has 0 aliphatic carbocycles. The highest BCUT2D eigenvalue weighted by Crippen LogP contribution is 2.24. The number of anilines is 2. The van der Waals surface area contributed by atoms with Crippen LogP contribution in [0.2, 0.25) is 0 Å². The maximum Gasteiger partial charge on any atom is 0.253 e. The molecule has 1 saturated heterocycles. The highest BCUT2D eigenvalue weighted by atomic mass is 16.5. The molecule has 0 spiro atoms. The molecule has 2 aromatic heterocycles. The molecule has 1 N–H and O–H groups in total. The normalized spacial score (nSPS) is 13.7. The molecule has 5 rings (SSSR count). The molecule has 35 heavy (non-hydrogen) atoms. The van der Waals surface area contributed by atoms with E-state index >= 15 is 0 Å². The van der Waals surface area contributed by atoms with Gasteiger partial charge in [0, 0.05) is 49.9 Å². The molecule has 0 radical (unpaired) electrons. The van der Waals surface area contributed by atoms with E-state index in [1.54, 1.807) is 40.5 Å². The van der Waals surface area contributed by atoms with Crippen LogP contribution in [0.5, 0.6) is 5.75 Å². The summed E-state index contributed by atoms with van der Waals surface area (Å²) in [6.07, 6.45) is 0. The zero-order valence-electron chi connectivity index (χ0n) is 19.6. The number of carbonyl (C=O) groups is 2. The Morgan fingerprint density at radius 1 is 0.886 bits per heavy atom. The molecule has 9 heteroatoms. The van der Waals surface area contributed by atoms with Gasteiger partial charge in [-0.2, -0.15) is 4.98 Å². The Balaban J connectivity index is 1.30. The molecule has 178 valence electrons. The van der Waals surface area contributed by atoms with Gasteiger partial charge in [0.25, 0.3) is 5.91 Å². The van der Waals surface area contributed by atoms with E-state index < -0.39 is 0 Å². The van der Waals surface area contributed by atoms with Crippen LogP contribution < -0.4 is 10.1 Å². The molecule has 1 fully saturated rings. The molecule has 9 nitrogen and oxygen atoms in total. The first-order chi connectivity index (χ1) is 17.0. The molecule has 0 unspecified atom stereocenters. The summed E-state index contributed by atoms with van der Waals surface area (Å²) in [7, 11) is 1.64. The summed E-state index contributed by atoms with van der Waals surface area (Å²) in [5, 5.41) is 7.86. The van der Waals surface area contributed by atoms with Crippen molar-refractivity contribution < 1.29 is 14.3 Å². The number of pyridine rings is 1. The largest absolute Gasteiger partial charge is 0.497 e. The van der Waals surface area contributed by atoms with Crippen molar-refractivity contribution in [3.63, 3.8) is 0 Å². The summed E-state index contributed by atoms with van der Waals surface area (Å²) in [6.45, 7) is 3.78. The van der Waals surface area contributed by atoms with Crippen LogP contribution >= 0.6 is 0 Å². The number of ether oxygens (including phenoxy) is 1. The Hall–Kier alpha value is -4.40. The van der Waals surface area contributed by atoms with Gasteiger partial charge >= 0.3 is 0 Å². The van der Waals surface area contributed by atoms with Gasteiger partial charge in [0.05, 0.1) is 12.8 Å². The van der Waals surface area contributed by atoms with E-state index in [0.29, 0.717) is 37.7 Å². The first-order valence-electron chi connectivity index (χ1n) is 11.4. The van der Waals surface area contributed by atoms with Gasteiger partial charge in [-0.1, -0.05) is 6.07 Å². The number of hydrogen-bond acceptors (Lipinski definition) is 6. The van der Waals surface area contributed by atoms with Gasteiger partial charge in [0.2, 0.25) is 11.9 Å². The number of piperazine rings is 1. The monoisotopic (exact) mass is 470 g/mol. The number of carbonyl (C=O) groups excluding carboxylic acids is 2. The van der Waals surface area contributed by atoms with E-state index in [1.807, 2.05) is 54.6 Å². The molecule has 4 aromatic rings. The number of methoxy groups -OCH3 is 1. The number of nitrogens with one attached hydrogen (secondary N) is 1. The summed E-state index contributed by atoms with van der Waals surface area (Å²) >= 11 is 0. The average molecular weight is 471 g/mol. The number of fused-ring (bicyclic) bond motifs is 1. The van der Waals surface area contributed by atoms with Gasteiger partial charge in [-0.25, -0.2) is 4.52 Å². The number of rotatable bonds is 5. The lowest BCUT2D eigenvalue weighted by Gasteiger charge is -2.34. The minimum Gasteiger partial charge on any atom is -0.497 e. The topological polar surface area (TPSA) is 92.1 Å². The van der Waals surface area contributed by atoms with Crippen LogP contribution in [0.1, 0.15) is 17.3 Å². The van der Waals surface area contributed by atoms with Gasteiger partial charge in [-0.15, -0.1) is 5.10 Å². The second-order valence-electron chi connectivity index (χ2n) is 8.35. The number of aromatic nitrogens is 3. The molecule has 2 amide bonds. The number of nitrogens with zero attached hydrogens (tertiary/aromatic N) is 5. The van der Waals surface area contributed by atoms with Crippen molar-refractivity contribution in [2.75, 3.05) is 38.6 Å². The zero-order valence-corrected chi connectivity index (χ0v) is 19.6. The van der Waals surface area contributed by atoms with Crippen LogP contribution in [0.15, 0.2) is 66.7 Å². The van der Waals surface area contributed by atoms with E-state index in [-0.39, 0.29) is 11.8 Å². The predicted octanol–water partition coefficient (Wildman–Crippen LogP) is 3.45. The van der Waals surface area contributed by atoms with E-state index in [9.17, 15) is 9.59 Å². The lowest BCUT2D eigenvalue weighted by atomic mass is 10.1. The number of amides is 2. The van der Waals surface area contributed by atoms with Crippen molar-refractivity contribution in [2.24, 2.45) is 0 Å². The molecule has 0 atom stereocenters. The summed E-state index contributed by atoms with van der Waals surface area (Å²) < 4.78 is 7.05. The van der Waals surface area contributed by atoms with Crippen LogP contribution in [0.25, 0.3) is 16.9 Å². The van der Waals surface area contributed by atoms with Gasteiger partial charge in [0.15, 0.2) is 5.65 Å². The van der Waals surface area contributed by atoms with Crippen LogP contribution in [-0.2, 0) is 4.79 Å². The van der Waals surface area contributed by atoms with Crippen molar-refractivity contribution in [3.8, 4) is 17.0 Å². The zero-order chi connectivity index (χ0) is 24.4. The second kappa shape index (κ2) is 9.46. The highest BCUT2D eigenvalue weighted by Gasteiger charge is 2.23. The lowest BCUT2D eigenvalue weighted by Crippen LogP contribution is -2.50. The maximum absolute atomic E-state index is 12.8. The van der Waals surface area contributed by atoms with Crippen molar-refractivity contribution in [3.05, 3.63) is 72.3 Å². The standard InChI is InChI=1S/C26H26N6O3/c1-18(33)30-14-16-31(17-15-30)25(34)20-6-10-21(11-7-20)27-26-28-24-5-3-4-23(32(24)29-26)19-8-12-22(35-2)13-9-19/h3-13H,14-17H2,1-2H3,(H,27,29). The molecule has 0 saturated carbocycles. The Morgan fingerprint density at radius 2 is 1.57 bits per heavy atom. The molecule has 3 heterocycles. The highest BCUT2D eigenvalue weighted by molar-refractivity contribution is 5.94. The molecule has 1 aliphatic rings. The van der Waals surface area contributed by atoms with Gasteiger partial charge < -0.3 is 19.9 Å². The van der Waals surface area contributed by atoms with Gasteiger partial charge in [0.1, 0.15) is 5.75 Å². The SMILES string of the molecule is COc1ccc(-c2cccc3nc(Nc4ccc(C(=O)N5CCN(C(C)=O)CC5)cc4)nn23)cc1. The van der Waals surface area contributed by atoms with Crippen LogP contribution in [0.4, 0.5) is 11.6 Å². The van der Waals surface area contributed by atoms with Gasteiger partial charge in [-0.05, 0) is 60.7 Å². The van der Waals surface area contributed by atoms with E-state index in [2.05, 4.69) is 15.4 Å². The van der Waals surface area contributed by atoms with Crippen molar-refractivity contribution in [1.82, 2.24) is 24.4 Å². The van der Waals surface area contributed by atoms with Crippen molar-refractivity contribution >= 4 is 29.1 Å². The number of benzene rings is 2. The van der Waals surface area contributed by atoms with Crippen molar-refractivity contribution in [1.29, 1.82) is 0 Å². The lowest BCUT2D eigenvalue weighted by molar-refractivity contribution is -0.130. The summed E-state index contributed by atoms with van der Waals surface area (Å²) in [5.74, 6) is 1.27. The maximum atomic E-state index is 12.8. The first kappa shape index (κ1) is 22.4.